The maximum absolute atomic E-state index is 12.2. The first-order chi connectivity index (χ1) is 11.3. The highest BCUT2D eigenvalue weighted by molar-refractivity contribution is 5.88. The van der Waals surface area contributed by atoms with E-state index in [4.69, 9.17) is 9.47 Å². The van der Waals surface area contributed by atoms with Crippen LogP contribution in [0.4, 0.5) is 4.79 Å². The number of nitrogens with one attached hydrogen (secondary N) is 2. The normalized spacial score (nSPS) is 12.0. The molecule has 0 aliphatic rings. The van der Waals surface area contributed by atoms with Crippen molar-refractivity contribution in [3.8, 4) is 0 Å². The predicted octanol–water partition coefficient (Wildman–Crippen LogP) is 2.24. The Kier molecular flexibility index (Phi) is 11.7. The number of amides is 2. The van der Waals surface area contributed by atoms with Gasteiger partial charge in [0.15, 0.2) is 0 Å². The van der Waals surface area contributed by atoms with Crippen molar-refractivity contribution in [3.05, 3.63) is 0 Å². The summed E-state index contributed by atoms with van der Waals surface area (Å²) in [7, 11) is 0. The molecular formula is C17H32N2O5. The van der Waals surface area contributed by atoms with E-state index in [-0.39, 0.29) is 25.0 Å². The van der Waals surface area contributed by atoms with Gasteiger partial charge < -0.3 is 20.1 Å². The maximum atomic E-state index is 12.2. The molecule has 0 saturated carbocycles. The molecule has 140 valence electrons. The van der Waals surface area contributed by atoms with Crippen LogP contribution in [-0.4, -0.2) is 43.8 Å². The zero-order valence-electron chi connectivity index (χ0n) is 15.5. The van der Waals surface area contributed by atoms with Crippen LogP contribution in [0.3, 0.4) is 0 Å². The second kappa shape index (κ2) is 12.6. The SMILES string of the molecule is CCCCOC(=O)CNC(=O)C(CC(C)C)NC(=O)OCC(C)C. The summed E-state index contributed by atoms with van der Waals surface area (Å²) in [6.07, 6.45) is 1.54. The van der Waals surface area contributed by atoms with Crippen molar-refractivity contribution in [2.24, 2.45) is 11.8 Å². The van der Waals surface area contributed by atoms with E-state index in [9.17, 15) is 14.4 Å². The van der Waals surface area contributed by atoms with E-state index in [1.807, 2.05) is 34.6 Å². The Morgan fingerprint density at radius 1 is 1.00 bits per heavy atom. The van der Waals surface area contributed by atoms with Crippen molar-refractivity contribution < 1.29 is 23.9 Å². The van der Waals surface area contributed by atoms with Gasteiger partial charge in [0.25, 0.3) is 0 Å². The molecule has 0 heterocycles. The quantitative estimate of drug-likeness (QED) is 0.443. The molecule has 0 aromatic carbocycles. The van der Waals surface area contributed by atoms with Crippen molar-refractivity contribution >= 4 is 18.0 Å². The molecule has 0 fully saturated rings. The predicted molar refractivity (Wildman–Crippen MR) is 91.4 cm³/mol. The van der Waals surface area contributed by atoms with Crippen LogP contribution >= 0.6 is 0 Å². The number of ether oxygens (including phenoxy) is 2. The van der Waals surface area contributed by atoms with Gasteiger partial charge in [-0.15, -0.1) is 0 Å². The van der Waals surface area contributed by atoms with Gasteiger partial charge in [-0.3, -0.25) is 9.59 Å². The standard InChI is InChI=1S/C17H32N2O5/c1-6-7-8-23-15(20)10-18-16(21)14(9-12(2)3)19-17(22)24-11-13(4)5/h12-14H,6-11H2,1-5H3,(H,18,21)(H,19,22). The summed E-state index contributed by atoms with van der Waals surface area (Å²) in [6.45, 7) is 10.2. The van der Waals surface area contributed by atoms with Gasteiger partial charge in [0, 0.05) is 0 Å². The zero-order chi connectivity index (χ0) is 18.5. The molecule has 0 saturated heterocycles. The molecule has 2 N–H and O–H groups in total. The first-order valence-corrected chi connectivity index (χ1v) is 8.62. The Morgan fingerprint density at radius 2 is 1.67 bits per heavy atom. The number of carbonyl (C=O) groups is 3. The van der Waals surface area contributed by atoms with Gasteiger partial charge in [-0.25, -0.2) is 4.79 Å². The number of hydrogen-bond donors (Lipinski definition) is 2. The second-order valence-corrected chi connectivity index (χ2v) is 6.61. The molecule has 24 heavy (non-hydrogen) atoms. The van der Waals surface area contributed by atoms with Crippen LogP contribution in [0.15, 0.2) is 0 Å². The van der Waals surface area contributed by atoms with Crippen molar-refractivity contribution in [1.82, 2.24) is 10.6 Å². The minimum atomic E-state index is -0.742. The largest absolute Gasteiger partial charge is 0.464 e. The first kappa shape index (κ1) is 22.2. The smallest absolute Gasteiger partial charge is 0.407 e. The van der Waals surface area contributed by atoms with Gasteiger partial charge in [-0.1, -0.05) is 41.0 Å². The summed E-state index contributed by atoms with van der Waals surface area (Å²) in [5, 5.41) is 5.06. The molecule has 7 heteroatoms. The Hall–Kier alpha value is -1.79. The molecule has 0 aliphatic heterocycles. The topological polar surface area (TPSA) is 93.7 Å². The highest BCUT2D eigenvalue weighted by atomic mass is 16.5. The summed E-state index contributed by atoms with van der Waals surface area (Å²) in [4.78, 5) is 35.5. The third-order valence-electron chi connectivity index (χ3n) is 3.03. The van der Waals surface area contributed by atoms with Gasteiger partial charge in [0.2, 0.25) is 5.91 Å². The van der Waals surface area contributed by atoms with Crippen LogP contribution < -0.4 is 10.6 Å². The van der Waals surface area contributed by atoms with Crippen molar-refractivity contribution in [1.29, 1.82) is 0 Å². The lowest BCUT2D eigenvalue weighted by molar-refractivity contribution is -0.144. The zero-order valence-corrected chi connectivity index (χ0v) is 15.5. The maximum Gasteiger partial charge on any atom is 0.407 e. The molecule has 0 spiro atoms. The van der Waals surface area contributed by atoms with Gasteiger partial charge in [-0.2, -0.15) is 0 Å². The number of alkyl carbamates (subject to hydrolysis) is 1. The molecule has 0 aliphatic carbocycles. The summed E-state index contributed by atoms with van der Waals surface area (Å²) in [6, 6.07) is -0.742. The number of rotatable bonds is 11. The van der Waals surface area contributed by atoms with Crippen LogP contribution in [0.1, 0.15) is 53.9 Å². The minimum Gasteiger partial charge on any atom is -0.464 e. The van der Waals surface area contributed by atoms with E-state index in [0.29, 0.717) is 13.0 Å². The minimum absolute atomic E-state index is 0.197. The number of esters is 1. The average molecular weight is 344 g/mol. The van der Waals surface area contributed by atoms with E-state index in [2.05, 4.69) is 10.6 Å². The van der Waals surface area contributed by atoms with Crippen LogP contribution in [0, 0.1) is 11.8 Å². The summed E-state index contributed by atoms with van der Waals surface area (Å²) in [5.41, 5.74) is 0. The molecule has 0 aromatic rings. The van der Waals surface area contributed by atoms with E-state index in [0.717, 1.165) is 12.8 Å². The van der Waals surface area contributed by atoms with Gasteiger partial charge >= 0.3 is 12.1 Å². The second-order valence-electron chi connectivity index (χ2n) is 6.61. The third-order valence-corrected chi connectivity index (χ3v) is 3.03. The van der Waals surface area contributed by atoms with Gasteiger partial charge in [-0.05, 0) is 24.7 Å². The molecule has 2 amide bonds. The molecular weight excluding hydrogens is 312 g/mol. The molecule has 7 nitrogen and oxygen atoms in total. The number of carbonyl (C=O) groups excluding carboxylic acids is 3. The van der Waals surface area contributed by atoms with Crippen LogP contribution in [-0.2, 0) is 19.1 Å². The van der Waals surface area contributed by atoms with Crippen molar-refractivity contribution in [2.75, 3.05) is 19.8 Å². The molecule has 0 bridgehead atoms. The Morgan fingerprint density at radius 3 is 2.21 bits per heavy atom. The van der Waals surface area contributed by atoms with Gasteiger partial charge in [0.05, 0.1) is 13.2 Å². The van der Waals surface area contributed by atoms with Crippen molar-refractivity contribution in [2.45, 2.75) is 59.9 Å². The first-order valence-electron chi connectivity index (χ1n) is 8.62. The van der Waals surface area contributed by atoms with E-state index in [1.54, 1.807) is 0 Å². The molecule has 0 rings (SSSR count). The summed E-state index contributed by atoms with van der Waals surface area (Å²) in [5.74, 6) is -0.492. The number of hydrogen-bond acceptors (Lipinski definition) is 5. The molecule has 1 unspecified atom stereocenters. The van der Waals surface area contributed by atoms with Crippen LogP contribution in [0.5, 0.6) is 0 Å². The lowest BCUT2D eigenvalue weighted by Crippen LogP contribution is -2.48. The fourth-order valence-electron chi connectivity index (χ4n) is 1.79. The van der Waals surface area contributed by atoms with Crippen LogP contribution in [0.25, 0.3) is 0 Å². The monoisotopic (exact) mass is 344 g/mol. The molecule has 0 radical (unpaired) electrons. The van der Waals surface area contributed by atoms with E-state index < -0.39 is 24.0 Å². The fraction of sp³-hybridized carbons (Fsp3) is 0.824. The molecule has 1 atom stereocenters. The molecule has 0 aromatic heterocycles. The summed E-state index contributed by atoms with van der Waals surface area (Å²) < 4.78 is 10.0. The Bertz CT molecular complexity index is 396. The average Bonchev–Trinajstić information content (AvgIpc) is 2.49. The number of unbranched alkanes of at least 4 members (excludes halogenated alkanes) is 1. The van der Waals surface area contributed by atoms with E-state index in [1.165, 1.54) is 0 Å². The lowest BCUT2D eigenvalue weighted by atomic mass is 10.0. The highest BCUT2D eigenvalue weighted by Gasteiger charge is 2.23. The van der Waals surface area contributed by atoms with E-state index >= 15 is 0 Å². The van der Waals surface area contributed by atoms with Crippen molar-refractivity contribution in [3.63, 3.8) is 0 Å². The fourth-order valence-corrected chi connectivity index (χ4v) is 1.79. The Balaban J connectivity index is 4.39. The summed E-state index contributed by atoms with van der Waals surface area (Å²) >= 11 is 0. The van der Waals surface area contributed by atoms with Crippen LogP contribution in [0.2, 0.25) is 0 Å². The van der Waals surface area contributed by atoms with Gasteiger partial charge in [0.1, 0.15) is 12.6 Å². The third kappa shape index (κ3) is 11.7. The lowest BCUT2D eigenvalue weighted by Gasteiger charge is -2.20. The highest BCUT2D eigenvalue weighted by Crippen LogP contribution is 2.06. The Labute approximate surface area is 144 Å².